The fourth-order valence-electron chi connectivity index (χ4n) is 1.89. The van der Waals surface area contributed by atoms with Crippen LogP contribution in [0.25, 0.3) is 0 Å². The molecule has 1 aromatic carbocycles. The Kier molecular flexibility index (Phi) is 8.26. The fourth-order valence-corrected chi connectivity index (χ4v) is 1.89. The summed E-state index contributed by atoms with van der Waals surface area (Å²) < 4.78 is 5.54. The third-order valence-corrected chi connectivity index (χ3v) is 3.17. The third-order valence-electron chi connectivity index (χ3n) is 3.17. The summed E-state index contributed by atoms with van der Waals surface area (Å²) in [5.41, 5.74) is 1.15. The lowest BCUT2D eigenvalue weighted by molar-refractivity contribution is 0.106. The minimum Gasteiger partial charge on any atom is -0.491 e. The number of ether oxygens (including phenoxy) is 1. The number of hydrogen-bond acceptors (Lipinski definition) is 4. The van der Waals surface area contributed by atoms with Gasteiger partial charge in [0, 0.05) is 13.2 Å². The molecule has 0 aliphatic heterocycles. The summed E-state index contributed by atoms with van der Waals surface area (Å²) in [5.74, 6) is 1.15. The van der Waals surface area contributed by atoms with Gasteiger partial charge in [-0.3, -0.25) is 0 Å². The minimum atomic E-state index is -0.509. The molecule has 0 heterocycles. The Labute approximate surface area is 121 Å². The van der Waals surface area contributed by atoms with Crippen LogP contribution in [0.3, 0.4) is 0 Å². The smallest absolute Gasteiger partial charge is 0.119 e. The summed E-state index contributed by atoms with van der Waals surface area (Å²) in [5, 5.41) is 21.9. The van der Waals surface area contributed by atoms with E-state index in [1.165, 1.54) is 0 Å². The van der Waals surface area contributed by atoms with Crippen LogP contribution in [0.1, 0.15) is 25.3 Å². The van der Waals surface area contributed by atoms with Gasteiger partial charge in [0.15, 0.2) is 0 Å². The largest absolute Gasteiger partial charge is 0.491 e. The van der Waals surface area contributed by atoms with Crippen LogP contribution in [0, 0.1) is 12.8 Å². The van der Waals surface area contributed by atoms with Gasteiger partial charge in [-0.15, -0.1) is 0 Å². The van der Waals surface area contributed by atoms with Gasteiger partial charge in [-0.25, -0.2) is 0 Å². The second-order valence-electron chi connectivity index (χ2n) is 5.42. The zero-order chi connectivity index (χ0) is 14.8. The molecule has 0 radical (unpaired) electrons. The predicted octanol–water partition coefficient (Wildman–Crippen LogP) is 1.73. The monoisotopic (exact) mass is 281 g/mol. The minimum absolute atomic E-state index is 0.243. The maximum atomic E-state index is 9.81. The van der Waals surface area contributed by atoms with Crippen LogP contribution in [0.2, 0.25) is 0 Å². The number of nitrogens with one attached hydrogen (secondary N) is 1. The van der Waals surface area contributed by atoms with Gasteiger partial charge < -0.3 is 20.3 Å². The van der Waals surface area contributed by atoms with Crippen LogP contribution in [0.15, 0.2) is 24.3 Å². The van der Waals surface area contributed by atoms with E-state index in [-0.39, 0.29) is 6.61 Å². The van der Waals surface area contributed by atoms with Gasteiger partial charge >= 0.3 is 0 Å². The van der Waals surface area contributed by atoms with E-state index in [1.54, 1.807) is 0 Å². The molecule has 0 saturated heterocycles. The predicted molar refractivity (Wildman–Crippen MR) is 81.0 cm³/mol. The van der Waals surface area contributed by atoms with E-state index >= 15 is 0 Å². The van der Waals surface area contributed by atoms with Crippen LogP contribution >= 0.6 is 0 Å². The summed E-state index contributed by atoms with van der Waals surface area (Å²) in [6.45, 7) is 5.96. The Morgan fingerprint density at radius 3 is 2.85 bits per heavy atom. The maximum absolute atomic E-state index is 9.81. The number of aliphatic hydroxyl groups is 2. The molecule has 0 saturated carbocycles. The third kappa shape index (κ3) is 7.48. The van der Waals surface area contributed by atoms with Crippen molar-refractivity contribution in [3.63, 3.8) is 0 Å². The molecule has 2 unspecified atom stereocenters. The molecule has 0 spiro atoms. The van der Waals surface area contributed by atoms with Crippen LogP contribution in [0.5, 0.6) is 5.75 Å². The van der Waals surface area contributed by atoms with Crippen molar-refractivity contribution < 1.29 is 14.9 Å². The average molecular weight is 281 g/mol. The first-order valence-electron chi connectivity index (χ1n) is 7.31. The van der Waals surface area contributed by atoms with Gasteiger partial charge in [0.2, 0.25) is 0 Å². The van der Waals surface area contributed by atoms with Crippen molar-refractivity contribution in [2.24, 2.45) is 5.92 Å². The number of benzene rings is 1. The Bertz CT molecular complexity index is 370. The highest BCUT2D eigenvalue weighted by atomic mass is 16.5. The Balaban J connectivity index is 2.07. The Morgan fingerprint density at radius 1 is 1.35 bits per heavy atom. The molecule has 0 aromatic heterocycles. The molecule has 0 aliphatic carbocycles. The van der Waals surface area contributed by atoms with Crippen LogP contribution in [-0.2, 0) is 0 Å². The molecule has 1 rings (SSSR count). The van der Waals surface area contributed by atoms with Gasteiger partial charge in [0.1, 0.15) is 18.5 Å². The first-order valence-corrected chi connectivity index (χ1v) is 7.31. The van der Waals surface area contributed by atoms with Crippen molar-refractivity contribution in [1.29, 1.82) is 0 Å². The second kappa shape index (κ2) is 9.75. The molecule has 114 valence electrons. The molecule has 2 atom stereocenters. The van der Waals surface area contributed by atoms with Crippen molar-refractivity contribution in [1.82, 2.24) is 5.32 Å². The number of aryl methyl sites for hydroxylation is 1. The van der Waals surface area contributed by atoms with E-state index in [2.05, 4.69) is 5.32 Å². The SMILES string of the molecule is Cc1cccc(OCC(O)CNCCCC(C)CO)c1. The molecular weight excluding hydrogens is 254 g/mol. The van der Waals surface area contributed by atoms with Gasteiger partial charge in [-0.1, -0.05) is 19.1 Å². The van der Waals surface area contributed by atoms with Gasteiger partial charge in [0.25, 0.3) is 0 Å². The number of aliphatic hydroxyl groups excluding tert-OH is 2. The highest BCUT2D eigenvalue weighted by molar-refractivity contribution is 5.27. The normalized spacial score (nSPS) is 14.0. The van der Waals surface area contributed by atoms with E-state index in [1.807, 2.05) is 38.1 Å². The highest BCUT2D eigenvalue weighted by Gasteiger charge is 2.05. The molecule has 0 fully saturated rings. The highest BCUT2D eigenvalue weighted by Crippen LogP contribution is 2.12. The Hall–Kier alpha value is -1.10. The molecule has 4 nitrogen and oxygen atoms in total. The van der Waals surface area contributed by atoms with E-state index in [0.29, 0.717) is 19.1 Å². The average Bonchev–Trinajstić information content (AvgIpc) is 2.44. The van der Waals surface area contributed by atoms with Crippen molar-refractivity contribution in [3.05, 3.63) is 29.8 Å². The van der Waals surface area contributed by atoms with Crippen LogP contribution < -0.4 is 10.1 Å². The lowest BCUT2D eigenvalue weighted by atomic mass is 10.1. The lowest BCUT2D eigenvalue weighted by Crippen LogP contribution is -2.32. The first-order chi connectivity index (χ1) is 9.61. The maximum Gasteiger partial charge on any atom is 0.119 e. The quantitative estimate of drug-likeness (QED) is 0.572. The zero-order valence-corrected chi connectivity index (χ0v) is 12.5. The Morgan fingerprint density at radius 2 is 2.15 bits per heavy atom. The molecule has 0 aliphatic rings. The topological polar surface area (TPSA) is 61.7 Å². The summed E-state index contributed by atoms with van der Waals surface area (Å²) in [6.07, 6.45) is 1.50. The second-order valence-corrected chi connectivity index (χ2v) is 5.42. The van der Waals surface area contributed by atoms with Crippen molar-refractivity contribution in [2.75, 3.05) is 26.3 Å². The summed E-state index contributed by atoms with van der Waals surface area (Å²) in [7, 11) is 0. The first kappa shape index (κ1) is 17.0. The van der Waals surface area contributed by atoms with E-state index in [4.69, 9.17) is 9.84 Å². The molecule has 0 bridgehead atoms. The molecule has 1 aromatic rings. The van der Waals surface area contributed by atoms with Crippen molar-refractivity contribution in [3.8, 4) is 5.75 Å². The molecule has 4 heteroatoms. The fraction of sp³-hybridized carbons (Fsp3) is 0.625. The van der Waals surface area contributed by atoms with E-state index in [9.17, 15) is 5.11 Å². The van der Waals surface area contributed by atoms with E-state index < -0.39 is 6.10 Å². The standard InChI is InChI=1S/C16H27NO3/c1-13-5-3-7-16(9-13)20-12-15(19)10-17-8-4-6-14(2)11-18/h3,5,7,9,14-15,17-19H,4,6,8,10-12H2,1-2H3. The van der Waals surface area contributed by atoms with Crippen LogP contribution in [-0.4, -0.2) is 42.6 Å². The number of rotatable bonds is 10. The summed E-state index contributed by atoms with van der Waals surface area (Å²) >= 11 is 0. The van der Waals surface area contributed by atoms with Gasteiger partial charge in [-0.2, -0.15) is 0 Å². The molecule has 3 N–H and O–H groups in total. The van der Waals surface area contributed by atoms with E-state index in [0.717, 1.165) is 30.7 Å². The molecule has 0 amide bonds. The van der Waals surface area contributed by atoms with Gasteiger partial charge in [-0.05, 0) is 49.9 Å². The van der Waals surface area contributed by atoms with Crippen LogP contribution in [0.4, 0.5) is 0 Å². The molecular formula is C16H27NO3. The number of hydrogen-bond donors (Lipinski definition) is 3. The summed E-state index contributed by atoms with van der Waals surface area (Å²) in [6, 6.07) is 7.80. The van der Waals surface area contributed by atoms with Gasteiger partial charge in [0.05, 0.1) is 0 Å². The molecule has 20 heavy (non-hydrogen) atoms. The van der Waals surface area contributed by atoms with Crippen molar-refractivity contribution >= 4 is 0 Å². The zero-order valence-electron chi connectivity index (χ0n) is 12.5. The lowest BCUT2D eigenvalue weighted by Gasteiger charge is -2.14. The van der Waals surface area contributed by atoms with Crippen molar-refractivity contribution in [2.45, 2.75) is 32.8 Å². The summed E-state index contributed by atoms with van der Waals surface area (Å²) in [4.78, 5) is 0.